The maximum Gasteiger partial charge on any atom is 0.328 e. The monoisotopic (exact) mass is 533 g/mol. The highest BCUT2D eigenvalue weighted by Crippen LogP contribution is 2.68. The number of aliphatic hydroxyl groups excluding tert-OH is 2. The third-order valence-electron chi connectivity index (χ3n) is 12.0. The van der Waals surface area contributed by atoms with Gasteiger partial charge in [-0.15, -0.1) is 0 Å². The van der Waals surface area contributed by atoms with Gasteiger partial charge < -0.3 is 20.3 Å². The van der Waals surface area contributed by atoms with E-state index in [2.05, 4.69) is 33.0 Å². The normalized spacial score (nSPS) is 41.8. The van der Waals surface area contributed by atoms with Crippen molar-refractivity contribution in [3.8, 4) is 0 Å². The third kappa shape index (κ3) is 5.68. The first-order valence-electron chi connectivity index (χ1n) is 15.9. The number of carbonyl (C=O) groups excluding carboxylic acids is 2. The molecular formula is C32H55NO5. The van der Waals surface area contributed by atoms with Crippen LogP contribution >= 0.6 is 0 Å². The maximum atomic E-state index is 12.9. The van der Waals surface area contributed by atoms with Gasteiger partial charge in [0.25, 0.3) is 0 Å². The molecule has 4 saturated carbocycles. The van der Waals surface area contributed by atoms with E-state index in [9.17, 15) is 19.8 Å². The molecule has 4 aliphatic rings. The lowest BCUT2D eigenvalue weighted by Gasteiger charge is -2.62. The summed E-state index contributed by atoms with van der Waals surface area (Å²) in [4.78, 5) is 25.2. The molecule has 38 heavy (non-hydrogen) atoms. The van der Waals surface area contributed by atoms with Gasteiger partial charge in [-0.2, -0.15) is 0 Å². The smallest absolute Gasteiger partial charge is 0.328 e. The van der Waals surface area contributed by atoms with Crippen molar-refractivity contribution < 1.29 is 24.5 Å². The van der Waals surface area contributed by atoms with Crippen LogP contribution in [-0.4, -0.2) is 46.9 Å². The summed E-state index contributed by atoms with van der Waals surface area (Å²) < 4.78 is 5.19. The van der Waals surface area contributed by atoms with E-state index in [0.717, 1.165) is 44.9 Å². The molecule has 0 aromatic heterocycles. The number of carbonyl (C=O) groups is 2. The molecule has 6 heteroatoms. The molecule has 0 unspecified atom stereocenters. The predicted octanol–water partition coefficient (Wildman–Crippen LogP) is 5.63. The van der Waals surface area contributed by atoms with Gasteiger partial charge in [-0.05, 0) is 117 Å². The first kappa shape index (κ1) is 29.8. The minimum atomic E-state index is -0.541. The van der Waals surface area contributed by atoms with Crippen molar-refractivity contribution in [3.05, 3.63) is 0 Å². The molecule has 6 nitrogen and oxygen atoms in total. The van der Waals surface area contributed by atoms with E-state index in [4.69, 9.17) is 4.74 Å². The topological polar surface area (TPSA) is 95.9 Å². The highest BCUT2D eigenvalue weighted by molar-refractivity contribution is 5.84. The number of fused-ring (bicyclic) bond motifs is 5. The van der Waals surface area contributed by atoms with Gasteiger partial charge in [0, 0.05) is 6.42 Å². The predicted molar refractivity (Wildman–Crippen MR) is 149 cm³/mol. The van der Waals surface area contributed by atoms with Gasteiger partial charge in [0.2, 0.25) is 5.91 Å². The van der Waals surface area contributed by atoms with Crippen LogP contribution in [0.15, 0.2) is 0 Å². The van der Waals surface area contributed by atoms with Crippen LogP contribution < -0.4 is 5.32 Å². The van der Waals surface area contributed by atoms with Crippen LogP contribution in [0, 0.1) is 46.3 Å². The van der Waals surface area contributed by atoms with Crippen LogP contribution in [0.5, 0.6) is 0 Å². The van der Waals surface area contributed by atoms with Crippen molar-refractivity contribution in [2.75, 3.05) is 6.61 Å². The molecular weight excluding hydrogens is 478 g/mol. The average Bonchev–Trinajstić information content (AvgIpc) is 3.23. The zero-order valence-electron chi connectivity index (χ0n) is 24.7. The molecule has 0 aliphatic heterocycles. The van der Waals surface area contributed by atoms with Gasteiger partial charge in [0.1, 0.15) is 6.04 Å². The van der Waals surface area contributed by atoms with Gasteiger partial charge in [-0.1, -0.05) is 40.5 Å². The fourth-order valence-electron chi connectivity index (χ4n) is 9.90. The lowest BCUT2D eigenvalue weighted by atomic mass is 9.43. The van der Waals surface area contributed by atoms with Crippen LogP contribution in [0.3, 0.4) is 0 Å². The standard InChI is InChI=1S/C32H55NO5/c1-6-8-9-26(30(37)38-7-2)33-28(36)13-10-20(3)23-11-12-24-29-25(15-17-32(23,24)5)31(4)16-14-22(34)18-21(31)19-27(29)35/h20-27,29,34-35H,6-19H2,1-5H3,(H,33,36)/t20-,21+,22-,23-,24+,25+,26+,27-,29+,31+,32-/m1/s1. The zero-order chi connectivity index (χ0) is 27.7. The third-order valence-corrected chi connectivity index (χ3v) is 12.0. The van der Waals surface area contributed by atoms with Gasteiger partial charge in [0.05, 0.1) is 18.8 Å². The molecule has 0 spiro atoms. The second-order valence-corrected chi connectivity index (χ2v) is 14.0. The number of hydrogen-bond donors (Lipinski definition) is 3. The van der Waals surface area contributed by atoms with Crippen molar-refractivity contribution in [1.82, 2.24) is 5.32 Å². The number of unbranched alkanes of at least 4 members (excludes halogenated alkanes) is 1. The van der Waals surface area contributed by atoms with Gasteiger partial charge in [-0.25, -0.2) is 4.79 Å². The summed E-state index contributed by atoms with van der Waals surface area (Å²) in [6.45, 7) is 11.5. The van der Waals surface area contributed by atoms with Crippen LogP contribution in [0.2, 0.25) is 0 Å². The van der Waals surface area contributed by atoms with E-state index in [1.165, 1.54) is 25.7 Å². The Bertz CT molecular complexity index is 833. The number of rotatable bonds is 10. The van der Waals surface area contributed by atoms with Crippen LogP contribution in [0.4, 0.5) is 0 Å². The van der Waals surface area contributed by atoms with Gasteiger partial charge in [0.15, 0.2) is 0 Å². The fourth-order valence-corrected chi connectivity index (χ4v) is 9.90. The summed E-state index contributed by atoms with van der Waals surface area (Å²) in [7, 11) is 0. The Hall–Kier alpha value is -1.14. The molecule has 218 valence electrons. The summed E-state index contributed by atoms with van der Waals surface area (Å²) in [6.07, 6.45) is 11.8. The van der Waals surface area contributed by atoms with Crippen LogP contribution in [0.25, 0.3) is 0 Å². The molecule has 0 saturated heterocycles. The lowest BCUT2D eigenvalue weighted by molar-refractivity contribution is -0.174. The van der Waals surface area contributed by atoms with E-state index in [1.807, 2.05) is 0 Å². The van der Waals surface area contributed by atoms with E-state index in [1.54, 1.807) is 6.92 Å². The molecule has 11 atom stereocenters. The van der Waals surface area contributed by atoms with Crippen molar-refractivity contribution in [3.63, 3.8) is 0 Å². The average molecular weight is 534 g/mol. The second-order valence-electron chi connectivity index (χ2n) is 14.0. The molecule has 4 rings (SSSR count). The molecule has 0 aromatic carbocycles. The fraction of sp³-hybridized carbons (Fsp3) is 0.938. The lowest BCUT2D eigenvalue weighted by Crippen LogP contribution is -2.58. The number of nitrogens with one attached hydrogen (secondary N) is 1. The first-order chi connectivity index (χ1) is 18.0. The van der Waals surface area contributed by atoms with E-state index >= 15 is 0 Å². The Kier molecular flexibility index (Phi) is 9.55. The Balaban J connectivity index is 1.37. The van der Waals surface area contributed by atoms with E-state index in [-0.39, 0.29) is 34.9 Å². The largest absolute Gasteiger partial charge is 0.464 e. The Morgan fingerprint density at radius 1 is 0.974 bits per heavy atom. The molecule has 3 N–H and O–H groups in total. The SMILES string of the molecule is CCCC[C@H](NC(=O)CC[C@@H](C)[C@H]1CC[C@H]2[C@@H]3[C@H](O)C[C@@H]4C[C@H](O)CC[C@]4(C)[C@H]3CC[C@]12C)C(=O)OCC. The van der Waals surface area contributed by atoms with E-state index < -0.39 is 6.04 Å². The highest BCUT2D eigenvalue weighted by Gasteiger charge is 2.62. The molecule has 0 radical (unpaired) electrons. The molecule has 4 aliphatic carbocycles. The molecule has 1 amide bonds. The second kappa shape index (κ2) is 12.2. The van der Waals surface area contributed by atoms with Crippen molar-refractivity contribution in [1.29, 1.82) is 0 Å². The van der Waals surface area contributed by atoms with Gasteiger partial charge >= 0.3 is 5.97 Å². The summed E-state index contributed by atoms with van der Waals surface area (Å²) in [6, 6.07) is -0.541. The number of amides is 1. The number of aliphatic hydroxyl groups is 2. The highest BCUT2D eigenvalue weighted by atomic mass is 16.5. The van der Waals surface area contributed by atoms with E-state index in [0.29, 0.717) is 55.0 Å². The first-order valence-corrected chi connectivity index (χ1v) is 15.9. The minimum absolute atomic E-state index is 0.0458. The van der Waals surface area contributed by atoms with Crippen molar-refractivity contribution in [2.24, 2.45) is 46.3 Å². The quantitative estimate of drug-likeness (QED) is 0.316. The Morgan fingerprint density at radius 3 is 2.39 bits per heavy atom. The molecule has 0 aromatic rings. The van der Waals surface area contributed by atoms with Crippen molar-refractivity contribution >= 4 is 11.9 Å². The molecule has 0 bridgehead atoms. The van der Waals surface area contributed by atoms with Crippen LogP contribution in [-0.2, 0) is 14.3 Å². The maximum absolute atomic E-state index is 12.9. The minimum Gasteiger partial charge on any atom is -0.464 e. The number of ether oxygens (including phenoxy) is 1. The van der Waals surface area contributed by atoms with Gasteiger partial charge in [-0.3, -0.25) is 4.79 Å². The summed E-state index contributed by atoms with van der Waals surface area (Å²) in [5, 5.41) is 24.7. The molecule has 4 fully saturated rings. The summed E-state index contributed by atoms with van der Waals surface area (Å²) >= 11 is 0. The van der Waals surface area contributed by atoms with Crippen molar-refractivity contribution in [2.45, 2.75) is 136 Å². The number of hydrogen-bond acceptors (Lipinski definition) is 5. The Morgan fingerprint density at radius 2 is 1.68 bits per heavy atom. The summed E-state index contributed by atoms with van der Waals surface area (Å²) in [5.74, 6) is 2.54. The Labute approximate surface area is 231 Å². The summed E-state index contributed by atoms with van der Waals surface area (Å²) in [5.41, 5.74) is 0.462. The molecule has 0 heterocycles. The number of esters is 1. The zero-order valence-corrected chi connectivity index (χ0v) is 24.7. The van der Waals surface area contributed by atoms with Crippen LogP contribution in [0.1, 0.15) is 118 Å².